The molecule has 0 saturated heterocycles. The lowest BCUT2D eigenvalue weighted by Gasteiger charge is -2.35. The maximum absolute atomic E-state index is 10.2. The van der Waals surface area contributed by atoms with E-state index < -0.39 is 6.10 Å². The summed E-state index contributed by atoms with van der Waals surface area (Å²) in [5.41, 5.74) is 2.04. The molecule has 1 aromatic rings. The van der Waals surface area contributed by atoms with Crippen LogP contribution in [0.5, 0.6) is 5.75 Å². The highest BCUT2D eigenvalue weighted by Gasteiger charge is 2.34. The number of rotatable bonds is 9. The molecule has 0 bridgehead atoms. The minimum atomic E-state index is -0.500. The molecule has 0 aliphatic carbocycles. The van der Waals surface area contributed by atoms with E-state index >= 15 is 0 Å². The van der Waals surface area contributed by atoms with Crippen LogP contribution in [-0.2, 0) is 10.2 Å². The Bertz CT molecular complexity index is 613. The van der Waals surface area contributed by atoms with Gasteiger partial charge in [-0.2, -0.15) is 0 Å². The maximum Gasteiger partial charge on any atom is 0.122 e. The largest absolute Gasteiger partial charge is 0.498 e. The third kappa shape index (κ3) is 7.67. The molecule has 4 nitrogen and oxygen atoms in total. The Morgan fingerprint density at radius 1 is 1.14 bits per heavy atom. The predicted molar refractivity (Wildman–Crippen MR) is 125 cm³/mol. The molecule has 0 saturated carbocycles. The first-order chi connectivity index (χ1) is 13.6. The highest BCUT2D eigenvalue weighted by atomic mass is 16.5. The van der Waals surface area contributed by atoms with E-state index in [9.17, 15) is 5.11 Å². The second-order valence-corrected chi connectivity index (χ2v) is 8.55. The van der Waals surface area contributed by atoms with Crippen LogP contribution in [-0.4, -0.2) is 38.5 Å². The molecule has 0 aliphatic heterocycles. The topological polar surface area (TPSA) is 50.7 Å². The Balaban J connectivity index is 0.00000245. The number of aliphatic hydroxyl groups is 1. The third-order valence-electron chi connectivity index (χ3n) is 5.36. The van der Waals surface area contributed by atoms with E-state index in [1.165, 1.54) is 5.56 Å². The molecule has 2 N–H and O–H groups in total. The number of ether oxygens (including phenoxy) is 2. The Morgan fingerprint density at radius 2 is 1.69 bits per heavy atom. The van der Waals surface area contributed by atoms with Gasteiger partial charge in [0.2, 0.25) is 0 Å². The Morgan fingerprint density at radius 3 is 2.07 bits per heavy atom. The van der Waals surface area contributed by atoms with Gasteiger partial charge < -0.3 is 19.9 Å². The van der Waals surface area contributed by atoms with E-state index in [4.69, 9.17) is 9.47 Å². The molecule has 4 heteroatoms. The van der Waals surface area contributed by atoms with Gasteiger partial charge >= 0.3 is 0 Å². The van der Waals surface area contributed by atoms with Crippen molar-refractivity contribution in [1.82, 2.24) is 5.32 Å². The lowest BCUT2D eigenvalue weighted by molar-refractivity contribution is 0.0216. The first-order valence-electron chi connectivity index (χ1n) is 10.9. The molecule has 0 spiro atoms. The van der Waals surface area contributed by atoms with Crippen LogP contribution in [0.3, 0.4) is 0 Å². The molecule has 168 valence electrons. The Labute approximate surface area is 179 Å². The van der Waals surface area contributed by atoms with Crippen molar-refractivity contribution in [2.75, 3.05) is 27.3 Å². The van der Waals surface area contributed by atoms with Crippen LogP contribution < -0.4 is 10.1 Å². The Kier molecular flexibility index (Phi) is 12.2. The number of benzene rings is 1. The Hall–Kier alpha value is -1.52. The third-order valence-corrected chi connectivity index (χ3v) is 5.36. The van der Waals surface area contributed by atoms with Crippen molar-refractivity contribution in [3.8, 4) is 5.75 Å². The summed E-state index contributed by atoms with van der Waals surface area (Å²) in [5, 5.41) is 13.0. The van der Waals surface area contributed by atoms with Gasteiger partial charge in [-0.1, -0.05) is 46.8 Å². The average Bonchev–Trinajstić information content (AvgIpc) is 2.67. The predicted octanol–water partition coefficient (Wildman–Crippen LogP) is 5.61. The van der Waals surface area contributed by atoms with E-state index in [0.717, 1.165) is 29.9 Å². The maximum atomic E-state index is 10.2. The first kappa shape index (κ1) is 27.5. The van der Waals surface area contributed by atoms with Crippen LogP contribution in [0.1, 0.15) is 72.4 Å². The number of aryl methyl sites for hydroxylation is 1. The zero-order valence-corrected chi connectivity index (χ0v) is 20.5. The minimum Gasteiger partial charge on any atom is -0.498 e. The van der Waals surface area contributed by atoms with Crippen LogP contribution >= 0.6 is 0 Å². The molecule has 0 amide bonds. The number of allylic oxidation sites excluding steroid dienone is 2. The lowest BCUT2D eigenvalue weighted by Crippen LogP contribution is -2.32. The van der Waals surface area contributed by atoms with E-state index in [1.54, 1.807) is 0 Å². The summed E-state index contributed by atoms with van der Waals surface area (Å²) in [7, 11) is 3.75. The summed E-state index contributed by atoms with van der Waals surface area (Å²) >= 11 is 0. The molecule has 0 aromatic heterocycles. The van der Waals surface area contributed by atoms with Gasteiger partial charge in [-0.15, -0.1) is 0 Å². The van der Waals surface area contributed by atoms with Crippen molar-refractivity contribution < 1.29 is 14.6 Å². The van der Waals surface area contributed by atoms with Crippen molar-refractivity contribution >= 4 is 0 Å². The molecule has 1 aromatic carbocycles. The SMILES string of the molecule is C/C=C(\OCC)C(CC)(CC)c1ccc(OCC(O)C(C)(C)C)c(C)c1.CNC. The van der Waals surface area contributed by atoms with E-state index in [2.05, 4.69) is 44.3 Å². The average molecular weight is 408 g/mol. The number of nitrogens with one attached hydrogen (secondary N) is 1. The van der Waals surface area contributed by atoms with Gasteiger partial charge in [0.25, 0.3) is 0 Å². The second-order valence-electron chi connectivity index (χ2n) is 8.55. The van der Waals surface area contributed by atoms with Crippen LogP contribution in [0, 0.1) is 12.3 Å². The lowest BCUT2D eigenvalue weighted by atomic mass is 9.73. The molecule has 1 unspecified atom stereocenters. The monoisotopic (exact) mass is 407 g/mol. The molecule has 0 radical (unpaired) electrons. The van der Waals surface area contributed by atoms with Crippen LogP contribution in [0.4, 0.5) is 0 Å². The van der Waals surface area contributed by atoms with Gasteiger partial charge in [-0.05, 0) is 76.4 Å². The molecule has 0 fully saturated rings. The fourth-order valence-corrected chi connectivity index (χ4v) is 3.33. The van der Waals surface area contributed by atoms with Gasteiger partial charge in [0, 0.05) is 0 Å². The zero-order chi connectivity index (χ0) is 22.7. The number of hydrogen-bond donors (Lipinski definition) is 2. The normalized spacial score (nSPS) is 13.4. The highest BCUT2D eigenvalue weighted by molar-refractivity contribution is 5.42. The fourth-order valence-electron chi connectivity index (χ4n) is 3.33. The van der Waals surface area contributed by atoms with Gasteiger partial charge in [0.15, 0.2) is 0 Å². The molecule has 1 atom stereocenters. The summed E-state index contributed by atoms with van der Waals surface area (Å²) in [6.45, 7) is 17.6. The van der Waals surface area contributed by atoms with Gasteiger partial charge in [-0.3, -0.25) is 0 Å². The van der Waals surface area contributed by atoms with Gasteiger partial charge in [0.05, 0.1) is 18.1 Å². The standard InChI is InChI=1S/C23H38O3.C2H7N/c1-9-21(25-12-4)23(10-2,11-3)18-13-14-19(17(5)15-18)26-16-20(24)22(6,7)8;1-3-2/h9,13-15,20,24H,10-12,16H2,1-8H3;3H,1-2H3/b21-9-;. The second kappa shape index (κ2) is 12.9. The summed E-state index contributed by atoms with van der Waals surface area (Å²) in [5.74, 6) is 1.87. The fraction of sp³-hybridized carbons (Fsp3) is 0.680. The number of aliphatic hydroxyl groups excluding tert-OH is 1. The summed E-state index contributed by atoms with van der Waals surface area (Å²) in [6, 6.07) is 6.37. The molecular formula is C25H45NO3. The molecule has 0 aliphatic rings. The zero-order valence-electron chi connectivity index (χ0n) is 20.5. The first-order valence-corrected chi connectivity index (χ1v) is 10.9. The van der Waals surface area contributed by atoms with Crippen LogP contribution in [0.25, 0.3) is 0 Å². The van der Waals surface area contributed by atoms with E-state index in [0.29, 0.717) is 13.2 Å². The molecule has 1 rings (SSSR count). The van der Waals surface area contributed by atoms with E-state index in [1.807, 2.05) is 54.8 Å². The summed E-state index contributed by atoms with van der Waals surface area (Å²) in [6.07, 6.45) is 3.55. The van der Waals surface area contributed by atoms with Crippen molar-refractivity contribution in [3.05, 3.63) is 41.2 Å². The van der Waals surface area contributed by atoms with Crippen molar-refractivity contribution in [3.63, 3.8) is 0 Å². The van der Waals surface area contributed by atoms with Crippen molar-refractivity contribution in [2.45, 2.75) is 79.8 Å². The summed E-state index contributed by atoms with van der Waals surface area (Å²) < 4.78 is 11.9. The summed E-state index contributed by atoms with van der Waals surface area (Å²) in [4.78, 5) is 0. The molecular weight excluding hydrogens is 362 g/mol. The highest BCUT2D eigenvalue weighted by Crippen LogP contribution is 2.41. The van der Waals surface area contributed by atoms with Gasteiger partial charge in [-0.25, -0.2) is 0 Å². The smallest absolute Gasteiger partial charge is 0.122 e. The van der Waals surface area contributed by atoms with Crippen molar-refractivity contribution in [1.29, 1.82) is 0 Å². The minimum absolute atomic E-state index is 0.112. The molecule has 0 heterocycles. The quantitative estimate of drug-likeness (QED) is 0.522. The number of hydrogen-bond acceptors (Lipinski definition) is 4. The van der Waals surface area contributed by atoms with Crippen LogP contribution in [0.2, 0.25) is 0 Å². The van der Waals surface area contributed by atoms with Crippen molar-refractivity contribution in [2.24, 2.45) is 5.41 Å². The van der Waals surface area contributed by atoms with Crippen LogP contribution in [0.15, 0.2) is 30.0 Å². The van der Waals surface area contributed by atoms with Gasteiger partial charge in [0.1, 0.15) is 18.1 Å². The molecule has 29 heavy (non-hydrogen) atoms. The van der Waals surface area contributed by atoms with E-state index in [-0.39, 0.29) is 10.8 Å².